The van der Waals surface area contributed by atoms with Gasteiger partial charge in [0.1, 0.15) is 0 Å². The third-order valence-electron chi connectivity index (χ3n) is 6.10. The van der Waals surface area contributed by atoms with Gasteiger partial charge in [0.2, 0.25) is 0 Å². The van der Waals surface area contributed by atoms with E-state index in [4.69, 9.17) is 4.98 Å². The monoisotopic (exact) mass is 417 g/mol. The Morgan fingerprint density at radius 3 is 2.55 bits per heavy atom. The third-order valence-corrected chi connectivity index (χ3v) is 6.10. The summed E-state index contributed by atoms with van der Waals surface area (Å²) in [5.74, 6) is 0.743. The van der Waals surface area contributed by atoms with Gasteiger partial charge in [-0.25, -0.2) is 4.98 Å². The van der Waals surface area contributed by atoms with E-state index in [1.165, 1.54) is 5.69 Å². The Bertz CT molecular complexity index is 1270. The molecule has 1 aliphatic rings. The predicted octanol–water partition coefficient (Wildman–Crippen LogP) is 3.22. The van der Waals surface area contributed by atoms with Gasteiger partial charge >= 0.3 is 0 Å². The zero-order valence-electron chi connectivity index (χ0n) is 18.4. The molecule has 160 valence electrons. The molecular formula is C23H27N7O. The van der Waals surface area contributed by atoms with Gasteiger partial charge in [-0.15, -0.1) is 0 Å². The van der Waals surface area contributed by atoms with Crippen molar-refractivity contribution in [2.75, 3.05) is 38.1 Å². The molecule has 31 heavy (non-hydrogen) atoms. The van der Waals surface area contributed by atoms with Gasteiger partial charge in [0.15, 0.2) is 11.6 Å². The summed E-state index contributed by atoms with van der Waals surface area (Å²) in [5, 5.41) is 4.30. The fourth-order valence-corrected chi connectivity index (χ4v) is 4.46. The number of hydrogen-bond acceptors (Lipinski definition) is 5. The smallest absolute Gasteiger partial charge is 0.162 e. The number of anilines is 1. The molecule has 3 aromatic heterocycles. The first-order chi connectivity index (χ1) is 14.9. The molecule has 0 amide bonds. The highest BCUT2D eigenvalue weighted by atomic mass is 16.1. The number of hydrogen-bond donors (Lipinski definition) is 2. The van der Waals surface area contributed by atoms with Crippen LogP contribution in [0, 0.1) is 6.92 Å². The first kappa shape index (κ1) is 19.6. The van der Waals surface area contributed by atoms with E-state index in [0.717, 1.165) is 65.6 Å². The highest BCUT2D eigenvalue weighted by molar-refractivity contribution is 6.05. The summed E-state index contributed by atoms with van der Waals surface area (Å²) >= 11 is 0. The molecule has 0 atom stereocenters. The van der Waals surface area contributed by atoms with Crippen LogP contribution in [0.5, 0.6) is 0 Å². The molecule has 1 fully saturated rings. The maximum atomic E-state index is 12.4. The molecule has 4 heterocycles. The number of H-pyrrole nitrogens is 2. The van der Waals surface area contributed by atoms with Crippen molar-refractivity contribution in [1.82, 2.24) is 29.6 Å². The maximum Gasteiger partial charge on any atom is 0.162 e. The van der Waals surface area contributed by atoms with Crippen LogP contribution in [0.4, 0.5) is 5.69 Å². The van der Waals surface area contributed by atoms with Crippen molar-refractivity contribution in [2.45, 2.75) is 13.8 Å². The molecule has 1 aromatic carbocycles. The Kier molecular flexibility index (Phi) is 4.66. The van der Waals surface area contributed by atoms with Crippen LogP contribution < -0.4 is 4.90 Å². The van der Waals surface area contributed by atoms with E-state index in [-0.39, 0.29) is 5.78 Å². The second kappa shape index (κ2) is 7.39. The summed E-state index contributed by atoms with van der Waals surface area (Å²) in [6, 6.07) is 6.37. The van der Waals surface area contributed by atoms with Gasteiger partial charge in [0.05, 0.1) is 22.9 Å². The number of aromatic nitrogens is 5. The summed E-state index contributed by atoms with van der Waals surface area (Å²) in [6.07, 6.45) is 3.71. The summed E-state index contributed by atoms with van der Waals surface area (Å²) < 4.78 is 1.74. The van der Waals surface area contributed by atoms with Crippen LogP contribution >= 0.6 is 0 Å². The van der Waals surface area contributed by atoms with E-state index in [1.807, 2.05) is 20.2 Å². The number of ketones is 1. The highest BCUT2D eigenvalue weighted by Gasteiger charge is 2.24. The molecular weight excluding hydrogens is 390 g/mol. The number of aryl methyl sites for hydroxylation is 2. The number of carbonyl (C=O) groups excluding carboxylic acids is 1. The maximum absolute atomic E-state index is 12.4. The summed E-state index contributed by atoms with van der Waals surface area (Å²) in [6.45, 7) is 7.69. The van der Waals surface area contributed by atoms with E-state index < -0.39 is 0 Å². The first-order valence-corrected chi connectivity index (χ1v) is 10.6. The number of Topliss-reactive ketones (excluding diaryl/α,β-unsaturated/α-hetero) is 1. The van der Waals surface area contributed by atoms with Gasteiger partial charge < -0.3 is 19.8 Å². The van der Waals surface area contributed by atoms with Crippen molar-refractivity contribution < 1.29 is 4.79 Å². The molecule has 0 spiro atoms. The average Bonchev–Trinajstić information content (AvgIpc) is 3.43. The van der Waals surface area contributed by atoms with Crippen molar-refractivity contribution in [3.05, 3.63) is 41.9 Å². The lowest BCUT2D eigenvalue weighted by molar-refractivity contribution is 0.101. The summed E-state index contributed by atoms with van der Waals surface area (Å²) in [4.78, 5) is 28.9. The zero-order valence-corrected chi connectivity index (χ0v) is 18.4. The second-order valence-corrected chi connectivity index (χ2v) is 8.41. The fraction of sp³-hybridized carbons (Fsp3) is 0.348. The molecule has 8 nitrogen and oxygen atoms in total. The van der Waals surface area contributed by atoms with E-state index in [1.54, 1.807) is 17.8 Å². The Hall–Kier alpha value is -3.39. The first-order valence-electron chi connectivity index (χ1n) is 10.6. The number of carbonyl (C=O) groups is 1. The van der Waals surface area contributed by atoms with E-state index in [0.29, 0.717) is 5.56 Å². The van der Waals surface area contributed by atoms with E-state index in [9.17, 15) is 4.79 Å². The molecule has 0 unspecified atom stereocenters. The SMILES string of the molecule is CC(=O)c1c(C)[nH]c(-c2nc3ccc(N4CCN(C)CC4)cc3[nH]2)c1-c1cnn(C)c1. The number of benzene rings is 1. The molecule has 1 saturated heterocycles. The highest BCUT2D eigenvalue weighted by Crippen LogP contribution is 2.36. The minimum Gasteiger partial charge on any atom is -0.369 e. The molecule has 5 rings (SSSR count). The topological polar surface area (TPSA) is 85.8 Å². The molecule has 1 aliphatic heterocycles. The largest absolute Gasteiger partial charge is 0.369 e. The number of piperazine rings is 1. The average molecular weight is 418 g/mol. The molecule has 0 bridgehead atoms. The number of fused-ring (bicyclic) bond motifs is 1. The predicted molar refractivity (Wildman–Crippen MR) is 123 cm³/mol. The van der Waals surface area contributed by atoms with Crippen LogP contribution in [0.1, 0.15) is 23.0 Å². The number of nitrogens with zero attached hydrogens (tertiary/aromatic N) is 5. The second-order valence-electron chi connectivity index (χ2n) is 8.41. The number of rotatable bonds is 4. The zero-order chi connectivity index (χ0) is 21.7. The lowest BCUT2D eigenvalue weighted by Gasteiger charge is -2.34. The standard InChI is InChI=1S/C23H27N7O/c1-14-20(15(2)31)21(16-12-24-29(4)13-16)22(25-14)23-26-18-6-5-17(11-19(18)27-23)30-9-7-28(3)8-10-30/h5-6,11-13,25H,7-10H2,1-4H3,(H,26,27). The van der Waals surface area contributed by atoms with Crippen LogP contribution in [0.15, 0.2) is 30.6 Å². The van der Waals surface area contributed by atoms with Crippen LogP contribution in [0.25, 0.3) is 33.7 Å². The Morgan fingerprint density at radius 1 is 1.10 bits per heavy atom. The number of nitrogens with one attached hydrogen (secondary N) is 2. The molecule has 0 radical (unpaired) electrons. The molecule has 2 N–H and O–H groups in total. The van der Waals surface area contributed by atoms with Crippen molar-refractivity contribution >= 4 is 22.5 Å². The van der Waals surface area contributed by atoms with E-state index >= 15 is 0 Å². The van der Waals surface area contributed by atoms with Crippen molar-refractivity contribution in [2.24, 2.45) is 7.05 Å². The third kappa shape index (κ3) is 3.42. The van der Waals surface area contributed by atoms with Gasteiger partial charge in [0.25, 0.3) is 0 Å². The minimum atomic E-state index is 0.0207. The molecule has 8 heteroatoms. The Morgan fingerprint density at radius 2 is 1.87 bits per heavy atom. The van der Waals surface area contributed by atoms with E-state index in [2.05, 4.69) is 50.1 Å². The number of aromatic amines is 2. The van der Waals surface area contributed by atoms with Crippen molar-refractivity contribution in [3.63, 3.8) is 0 Å². The lowest BCUT2D eigenvalue weighted by Crippen LogP contribution is -2.44. The molecule has 0 saturated carbocycles. The van der Waals surface area contributed by atoms with Crippen LogP contribution in [0.2, 0.25) is 0 Å². The number of likely N-dealkylation sites (N-methyl/N-ethyl adjacent to an activating group) is 1. The van der Waals surface area contributed by atoms with Gasteiger partial charge in [-0.05, 0) is 39.1 Å². The number of imidazole rings is 1. The molecule has 0 aliphatic carbocycles. The Balaban J connectivity index is 1.59. The van der Waals surface area contributed by atoms with Gasteiger partial charge in [-0.2, -0.15) is 5.10 Å². The van der Waals surface area contributed by atoms with Crippen molar-refractivity contribution in [1.29, 1.82) is 0 Å². The van der Waals surface area contributed by atoms with Crippen LogP contribution in [-0.2, 0) is 7.05 Å². The summed E-state index contributed by atoms with van der Waals surface area (Å²) in [5.41, 5.74) is 7.16. The Labute approximate surface area is 180 Å². The van der Waals surface area contributed by atoms with Gasteiger partial charge in [-0.3, -0.25) is 9.48 Å². The summed E-state index contributed by atoms with van der Waals surface area (Å²) in [7, 11) is 4.03. The lowest BCUT2D eigenvalue weighted by atomic mass is 10.0. The molecule has 4 aromatic rings. The minimum absolute atomic E-state index is 0.0207. The fourth-order valence-electron chi connectivity index (χ4n) is 4.46. The van der Waals surface area contributed by atoms with Crippen molar-refractivity contribution in [3.8, 4) is 22.6 Å². The van der Waals surface area contributed by atoms with Gasteiger partial charge in [-0.1, -0.05) is 0 Å². The van der Waals surface area contributed by atoms with Crippen LogP contribution in [-0.4, -0.2) is 68.6 Å². The normalized spacial score (nSPS) is 15.2. The quantitative estimate of drug-likeness (QED) is 0.498. The van der Waals surface area contributed by atoms with Gasteiger partial charge in [0, 0.05) is 67.5 Å². The van der Waals surface area contributed by atoms with Crippen LogP contribution in [0.3, 0.4) is 0 Å².